The summed E-state index contributed by atoms with van der Waals surface area (Å²) in [6.07, 6.45) is 0.884. The van der Waals surface area contributed by atoms with E-state index in [1.165, 1.54) is 28.6 Å². The van der Waals surface area contributed by atoms with E-state index in [0.29, 0.717) is 18.4 Å². The lowest BCUT2D eigenvalue weighted by Crippen LogP contribution is -2.11. The molecule has 0 saturated carbocycles. The van der Waals surface area contributed by atoms with E-state index in [0.717, 1.165) is 22.0 Å². The highest BCUT2D eigenvalue weighted by atomic mass is 19.1. The molecule has 152 valence electrons. The van der Waals surface area contributed by atoms with Crippen molar-refractivity contribution in [2.24, 2.45) is 0 Å². The van der Waals surface area contributed by atoms with Gasteiger partial charge in [-0.1, -0.05) is 44.5 Å². The second kappa shape index (κ2) is 7.64. The fourth-order valence-corrected chi connectivity index (χ4v) is 3.86. The summed E-state index contributed by atoms with van der Waals surface area (Å²) in [5, 5.41) is 3.41. The van der Waals surface area contributed by atoms with Crippen molar-refractivity contribution < 1.29 is 9.18 Å². The molecule has 0 unspecified atom stereocenters. The maximum absolute atomic E-state index is 13.2. The number of aryl methyl sites for hydroxylation is 2. The van der Waals surface area contributed by atoms with E-state index in [-0.39, 0.29) is 17.0 Å². The van der Waals surface area contributed by atoms with Crippen LogP contribution in [0.3, 0.4) is 0 Å². The maximum Gasteiger partial charge on any atom is 0.163 e. The van der Waals surface area contributed by atoms with Crippen molar-refractivity contribution in [1.82, 2.24) is 4.98 Å². The fraction of sp³-hybridized carbons (Fsp3) is 0.259. The Labute approximate surface area is 176 Å². The zero-order valence-corrected chi connectivity index (χ0v) is 17.9. The molecule has 0 aliphatic rings. The smallest absolute Gasteiger partial charge is 0.163 e. The Morgan fingerprint density at radius 2 is 1.63 bits per heavy atom. The molecular weight excluding hydrogens is 373 g/mol. The van der Waals surface area contributed by atoms with Gasteiger partial charge >= 0.3 is 0 Å². The van der Waals surface area contributed by atoms with Crippen LogP contribution in [-0.2, 0) is 11.8 Å². The minimum absolute atomic E-state index is 0.000860. The lowest BCUT2D eigenvalue weighted by molar-refractivity contribution is 0.0982. The first kappa shape index (κ1) is 20.2. The number of carbonyl (C=O) groups is 1. The Hall–Kier alpha value is -3.07. The van der Waals surface area contributed by atoms with Gasteiger partial charge < -0.3 is 0 Å². The number of aromatic nitrogens is 1. The molecule has 4 rings (SSSR count). The van der Waals surface area contributed by atoms with Crippen LogP contribution in [0.4, 0.5) is 4.39 Å². The van der Waals surface area contributed by atoms with E-state index < -0.39 is 0 Å². The minimum atomic E-state index is -0.334. The topological polar surface area (TPSA) is 30.0 Å². The normalized spacial score (nSPS) is 11.9. The number of benzene rings is 3. The molecule has 0 N–H and O–H groups in total. The van der Waals surface area contributed by atoms with Crippen molar-refractivity contribution in [3.05, 3.63) is 88.9 Å². The molecule has 0 spiro atoms. The van der Waals surface area contributed by atoms with Crippen LogP contribution in [0.25, 0.3) is 21.7 Å². The summed E-state index contributed by atoms with van der Waals surface area (Å²) in [6, 6.07) is 18.6. The number of hydrogen-bond donors (Lipinski definition) is 0. The second-order valence-electron chi connectivity index (χ2n) is 9.02. The van der Waals surface area contributed by atoms with E-state index in [1.807, 2.05) is 6.07 Å². The number of nitrogens with zero attached hydrogens (tertiary/aromatic N) is 1. The van der Waals surface area contributed by atoms with Crippen LogP contribution in [0.15, 0.2) is 60.7 Å². The molecule has 3 aromatic carbocycles. The number of ketones is 1. The molecule has 1 aromatic heterocycles. The molecule has 0 saturated heterocycles. The first-order chi connectivity index (χ1) is 14.2. The third-order valence-corrected chi connectivity index (χ3v) is 5.65. The third kappa shape index (κ3) is 3.97. The predicted molar refractivity (Wildman–Crippen MR) is 122 cm³/mol. The van der Waals surface area contributed by atoms with Crippen LogP contribution in [-0.4, -0.2) is 10.8 Å². The van der Waals surface area contributed by atoms with Gasteiger partial charge in [0, 0.05) is 28.5 Å². The molecule has 30 heavy (non-hydrogen) atoms. The van der Waals surface area contributed by atoms with E-state index in [4.69, 9.17) is 4.98 Å². The largest absolute Gasteiger partial charge is 0.294 e. The molecule has 0 fully saturated rings. The van der Waals surface area contributed by atoms with Gasteiger partial charge in [0.1, 0.15) is 5.82 Å². The zero-order chi connectivity index (χ0) is 21.5. The molecule has 0 aliphatic carbocycles. The van der Waals surface area contributed by atoms with Crippen molar-refractivity contribution in [3.63, 3.8) is 0 Å². The third-order valence-electron chi connectivity index (χ3n) is 5.65. The van der Waals surface area contributed by atoms with Gasteiger partial charge in [-0.05, 0) is 72.2 Å². The number of carbonyl (C=O) groups excluding carboxylic acids is 1. The molecule has 3 heteroatoms. The van der Waals surface area contributed by atoms with Crippen molar-refractivity contribution in [3.8, 4) is 0 Å². The zero-order valence-electron chi connectivity index (χ0n) is 17.9. The SMILES string of the molecule is Cc1ccc2nc(CCC(=O)c3ccc(F)cc3)c3cc(C(C)(C)C)ccc3c2c1. The fourth-order valence-electron chi connectivity index (χ4n) is 3.86. The lowest BCUT2D eigenvalue weighted by atomic mass is 9.85. The van der Waals surface area contributed by atoms with Gasteiger partial charge in [-0.15, -0.1) is 0 Å². The molecular formula is C27H26FNO. The van der Waals surface area contributed by atoms with E-state index >= 15 is 0 Å². The van der Waals surface area contributed by atoms with E-state index in [2.05, 4.69) is 58.0 Å². The average molecular weight is 400 g/mol. The van der Waals surface area contributed by atoms with Crippen molar-refractivity contribution >= 4 is 27.5 Å². The van der Waals surface area contributed by atoms with Gasteiger partial charge in [-0.25, -0.2) is 4.39 Å². The molecule has 0 aliphatic heterocycles. The number of Topliss-reactive ketones (excluding diaryl/α,β-unsaturated/α-hetero) is 1. The molecule has 0 bridgehead atoms. The molecule has 1 heterocycles. The van der Waals surface area contributed by atoms with Gasteiger partial charge in [0.15, 0.2) is 5.78 Å². The van der Waals surface area contributed by atoms with Crippen molar-refractivity contribution in [2.45, 2.75) is 46.0 Å². The summed E-state index contributed by atoms with van der Waals surface area (Å²) < 4.78 is 13.2. The molecule has 0 radical (unpaired) electrons. The predicted octanol–water partition coefficient (Wildman–Crippen LogP) is 6.95. The van der Waals surface area contributed by atoms with Gasteiger partial charge in [0.2, 0.25) is 0 Å². The summed E-state index contributed by atoms with van der Waals surface area (Å²) in [7, 11) is 0. The summed E-state index contributed by atoms with van der Waals surface area (Å²) in [5.74, 6) is -0.334. The van der Waals surface area contributed by atoms with Gasteiger partial charge in [0.25, 0.3) is 0 Å². The second-order valence-corrected chi connectivity index (χ2v) is 9.02. The number of rotatable bonds is 4. The van der Waals surface area contributed by atoms with Crippen LogP contribution in [0.1, 0.15) is 54.4 Å². The Balaban J connectivity index is 1.79. The molecule has 0 amide bonds. The van der Waals surface area contributed by atoms with Crippen molar-refractivity contribution in [1.29, 1.82) is 0 Å². The Bertz CT molecular complexity index is 1250. The van der Waals surface area contributed by atoms with E-state index in [1.54, 1.807) is 12.1 Å². The maximum atomic E-state index is 13.2. The van der Waals surface area contributed by atoms with Gasteiger partial charge in [-0.2, -0.15) is 0 Å². The monoisotopic (exact) mass is 399 g/mol. The Morgan fingerprint density at radius 3 is 2.33 bits per heavy atom. The summed E-state index contributed by atoms with van der Waals surface area (Å²) >= 11 is 0. The van der Waals surface area contributed by atoms with Crippen LogP contribution < -0.4 is 0 Å². The summed E-state index contributed by atoms with van der Waals surface area (Å²) in [5.41, 5.74) is 4.88. The van der Waals surface area contributed by atoms with E-state index in [9.17, 15) is 9.18 Å². The minimum Gasteiger partial charge on any atom is -0.294 e. The number of halogens is 1. The quantitative estimate of drug-likeness (QED) is 0.274. The van der Waals surface area contributed by atoms with Crippen LogP contribution in [0, 0.1) is 12.7 Å². The summed E-state index contributed by atoms with van der Waals surface area (Å²) in [4.78, 5) is 17.6. The Kier molecular flexibility index (Phi) is 5.15. The first-order valence-electron chi connectivity index (χ1n) is 10.3. The van der Waals surface area contributed by atoms with Crippen LogP contribution in [0.2, 0.25) is 0 Å². The highest BCUT2D eigenvalue weighted by molar-refractivity contribution is 6.07. The van der Waals surface area contributed by atoms with Gasteiger partial charge in [0.05, 0.1) is 5.52 Å². The average Bonchev–Trinajstić information content (AvgIpc) is 2.71. The standard InChI is InChI=1S/C27H26FNO/c1-17-5-12-24-22(15-17)21-11-8-19(27(2,3)4)16-23(21)25(29-24)13-14-26(30)18-6-9-20(28)10-7-18/h5-12,15-16H,13-14H2,1-4H3. The Morgan fingerprint density at radius 1 is 0.900 bits per heavy atom. The molecule has 4 aromatic rings. The summed E-state index contributed by atoms with van der Waals surface area (Å²) in [6.45, 7) is 8.68. The molecule has 0 atom stereocenters. The van der Waals surface area contributed by atoms with Crippen LogP contribution >= 0.6 is 0 Å². The van der Waals surface area contributed by atoms with Crippen LogP contribution in [0.5, 0.6) is 0 Å². The van der Waals surface area contributed by atoms with Crippen molar-refractivity contribution in [2.75, 3.05) is 0 Å². The number of hydrogen-bond acceptors (Lipinski definition) is 2. The number of fused-ring (bicyclic) bond motifs is 3. The lowest BCUT2D eigenvalue weighted by Gasteiger charge is -2.20. The highest BCUT2D eigenvalue weighted by Crippen LogP contribution is 2.32. The van der Waals surface area contributed by atoms with Gasteiger partial charge in [-0.3, -0.25) is 9.78 Å². The first-order valence-corrected chi connectivity index (χ1v) is 10.3. The molecule has 2 nitrogen and oxygen atoms in total. The number of pyridine rings is 1. The highest BCUT2D eigenvalue weighted by Gasteiger charge is 2.17.